The number of ether oxygens (including phenoxy) is 1. The molecule has 0 aliphatic rings. The Labute approximate surface area is 126 Å². The summed E-state index contributed by atoms with van der Waals surface area (Å²) in [6.07, 6.45) is 0.435. The van der Waals surface area contributed by atoms with Gasteiger partial charge in [0.1, 0.15) is 6.04 Å². The molecule has 0 bridgehead atoms. The molecule has 1 heterocycles. The second-order valence-electron chi connectivity index (χ2n) is 4.99. The van der Waals surface area contributed by atoms with Crippen LogP contribution in [0.4, 0.5) is 5.69 Å². The number of esters is 1. The Bertz CT molecular complexity index is 553. The fourth-order valence-corrected chi connectivity index (χ4v) is 2.71. The summed E-state index contributed by atoms with van der Waals surface area (Å²) in [5.74, 6) is -0.846. The minimum atomic E-state index is -0.760. The Morgan fingerprint density at radius 3 is 2.52 bits per heavy atom. The number of carbonyl (C=O) groups excluding carboxylic acids is 2. The molecule has 0 spiro atoms. The number of thiophene rings is 1. The number of nitrogens with one attached hydrogen (secondary N) is 1. The Hall–Kier alpha value is -1.96. The van der Waals surface area contributed by atoms with E-state index in [1.807, 2.05) is 13.8 Å². The monoisotopic (exact) mass is 314 g/mol. The zero-order chi connectivity index (χ0) is 16.2. The summed E-state index contributed by atoms with van der Waals surface area (Å²) in [6, 6.07) is 0.461. The van der Waals surface area contributed by atoms with Gasteiger partial charge in [0, 0.05) is 6.07 Å². The average Bonchev–Trinajstić information content (AvgIpc) is 2.78. The molecule has 1 rings (SSSR count). The van der Waals surface area contributed by atoms with Crippen molar-refractivity contribution in [2.75, 3.05) is 7.11 Å². The van der Waals surface area contributed by atoms with Crippen molar-refractivity contribution in [3.8, 4) is 0 Å². The third kappa shape index (κ3) is 4.52. The summed E-state index contributed by atoms with van der Waals surface area (Å²) in [5.41, 5.74) is -0.0939. The first kappa shape index (κ1) is 17.1. The van der Waals surface area contributed by atoms with Gasteiger partial charge < -0.3 is 10.1 Å². The van der Waals surface area contributed by atoms with Crippen molar-refractivity contribution in [1.29, 1.82) is 0 Å². The molecule has 1 aromatic rings. The molecule has 0 fully saturated rings. The second-order valence-corrected chi connectivity index (χ2v) is 6.24. The quantitative estimate of drug-likeness (QED) is 0.493. The SMILES string of the molecule is COC(=O)C(CC(C)C)NC(=O)c1cc([N+](=O)[O-])c(C)s1. The summed E-state index contributed by atoms with van der Waals surface area (Å²) in [4.78, 5) is 34.7. The second kappa shape index (κ2) is 7.16. The lowest BCUT2D eigenvalue weighted by Crippen LogP contribution is -2.42. The van der Waals surface area contributed by atoms with Crippen molar-refractivity contribution in [3.05, 3.63) is 25.9 Å². The summed E-state index contributed by atoms with van der Waals surface area (Å²) < 4.78 is 4.66. The molecule has 1 atom stereocenters. The van der Waals surface area contributed by atoms with E-state index in [-0.39, 0.29) is 16.5 Å². The van der Waals surface area contributed by atoms with Gasteiger partial charge in [-0.1, -0.05) is 13.8 Å². The van der Waals surface area contributed by atoms with Crippen LogP contribution in [0.5, 0.6) is 0 Å². The van der Waals surface area contributed by atoms with Crippen molar-refractivity contribution in [2.24, 2.45) is 5.92 Å². The first-order valence-electron chi connectivity index (χ1n) is 6.39. The molecule has 0 aliphatic heterocycles. The highest BCUT2D eigenvalue weighted by molar-refractivity contribution is 7.14. The molecular weight excluding hydrogens is 296 g/mol. The van der Waals surface area contributed by atoms with Crippen LogP contribution in [-0.4, -0.2) is 30.0 Å². The molecule has 1 N–H and O–H groups in total. The molecule has 116 valence electrons. The maximum Gasteiger partial charge on any atom is 0.328 e. The van der Waals surface area contributed by atoms with E-state index >= 15 is 0 Å². The zero-order valence-corrected chi connectivity index (χ0v) is 13.2. The minimum Gasteiger partial charge on any atom is -0.467 e. The van der Waals surface area contributed by atoms with Crippen LogP contribution in [0.1, 0.15) is 34.8 Å². The molecule has 1 aromatic heterocycles. The molecule has 21 heavy (non-hydrogen) atoms. The molecule has 0 radical (unpaired) electrons. The predicted molar refractivity (Wildman–Crippen MR) is 78.4 cm³/mol. The van der Waals surface area contributed by atoms with Crippen molar-refractivity contribution >= 4 is 28.9 Å². The molecule has 0 aromatic carbocycles. The predicted octanol–water partition coefficient (Wildman–Crippen LogP) is 2.28. The van der Waals surface area contributed by atoms with E-state index in [0.29, 0.717) is 11.3 Å². The number of amides is 1. The molecule has 0 saturated carbocycles. The van der Waals surface area contributed by atoms with Crippen LogP contribution in [-0.2, 0) is 9.53 Å². The first-order valence-corrected chi connectivity index (χ1v) is 7.21. The number of nitrogens with zero attached hydrogens (tertiary/aromatic N) is 1. The van der Waals surface area contributed by atoms with Gasteiger partial charge in [-0.2, -0.15) is 0 Å². The molecular formula is C13H18N2O5S. The van der Waals surface area contributed by atoms with Gasteiger partial charge in [0.25, 0.3) is 11.6 Å². The van der Waals surface area contributed by atoms with E-state index in [1.165, 1.54) is 13.2 Å². The maximum atomic E-state index is 12.1. The van der Waals surface area contributed by atoms with E-state index in [1.54, 1.807) is 6.92 Å². The highest BCUT2D eigenvalue weighted by Crippen LogP contribution is 2.28. The van der Waals surface area contributed by atoms with Gasteiger partial charge in [0.15, 0.2) is 0 Å². The first-order chi connectivity index (χ1) is 9.76. The van der Waals surface area contributed by atoms with Gasteiger partial charge in [-0.25, -0.2) is 4.79 Å². The lowest BCUT2D eigenvalue weighted by atomic mass is 10.0. The van der Waals surface area contributed by atoms with Gasteiger partial charge in [-0.3, -0.25) is 14.9 Å². The van der Waals surface area contributed by atoms with E-state index in [0.717, 1.165) is 11.3 Å². The Kier molecular flexibility index (Phi) is 5.83. The summed E-state index contributed by atoms with van der Waals surface area (Å²) in [7, 11) is 1.25. The van der Waals surface area contributed by atoms with Crippen LogP contribution in [0.3, 0.4) is 0 Å². The van der Waals surface area contributed by atoms with Crippen LogP contribution in [0.2, 0.25) is 0 Å². The summed E-state index contributed by atoms with van der Waals surface area (Å²) in [6.45, 7) is 5.41. The van der Waals surface area contributed by atoms with Gasteiger partial charge in [-0.05, 0) is 19.3 Å². The molecule has 1 amide bonds. The lowest BCUT2D eigenvalue weighted by molar-refractivity contribution is -0.385. The lowest BCUT2D eigenvalue weighted by Gasteiger charge is -2.17. The number of rotatable bonds is 6. The number of carbonyl (C=O) groups is 2. The van der Waals surface area contributed by atoms with Crippen molar-refractivity contribution in [2.45, 2.75) is 33.2 Å². The van der Waals surface area contributed by atoms with Crippen LogP contribution in [0.15, 0.2) is 6.07 Å². The van der Waals surface area contributed by atoms with Crippen LogP contribution >= 0.6 is 11.3 Å². The van der Waals surface area contributed by atoms with Gasteiger partial charge >= 0.3 is 5.97 Å². The number of hydrogen-bond donors (Lipinski definition) is 1. The Balaban J connectivity index is 2.89. The summed E-state index contributed by atoms with van der Waals surface area (Å²) >= 11 is 1.03. The van der Waals surface area contributed by atoms with Gasteiger partial charge in [0.2, 0.25) is 0 Å². The fraction of sp³-hybridized carbons (Fsp3) is 0.538. The molecule has 0 saturated heterocycles. The largest absolute Gasteiger partial charge is 0.467 e. The third-order valence-corrected chi connectivity index (χ3v) is 3.85. The highest BCUT2D eigenvalue weighted by Gasteiger charge is 2.26. The Morgan fingerprint density at radius 1 is 1.48 bits per heavy atom. The Morgan fingerprint density at radius 2 is 2.10 bits per heavy atom. The number of hydrogen-bond acceptors (Lipinski definition) is 6. The van der Waals surface area contributed by atoms with Crippen molar-refractivity contribution < 1.29 is 19.2 Å². The molecule has 8 heteroatoms. The van der Waals surface area contributed by atoms with Crippen molar-refractivity contribution in [3.63, 3.8) is 0 Å². The average molecular weight is 314 g/mol. The zero-order valence-electron chi connectivity index (χ0n) is 12.3. The normalized spacial score (nSPS) is 12.0. The van der Waals surface area contributed by atoms with E-state index in [9.17, 15) is 19.7 Å². The molecule has 7 nitrogen and oxygen atoms in total. The minimum absolute atomic E-state index is 0.0939. The number of methoxy groups -OCH3 is 1. The standard InChI is InChI=1S/C13H18N2O5S/c1-7(2)5-9(13(17)20-4)14-12(16)11-6-10(15(18)19)8(3)21-11/h6-7,9H,5H2,1-4H3,(H,14,16). The topological polar surface area (TPSA) is 98.5 Å². The number of nitro groups is 1. The van der Waals surface area contributed by atoms with Crippen LogP contribution in [0.25, 0.3) is 0 Å². The summed E-state index contributed by atoms with van der Waals surface area (Å²) in [5, 5.41) is 13.4. The van der Waals surface area contributed by atoms with Gasteiger partial charge in [0.05, 0.1) is 21.8 Å². The van der Waals surface area contributed by atoms with E-state index in [4.69, 9.17) is 0 Å². The van der Waals surface area contributed by atoms with Crippen LogP contribution < -0.4 is 5.32 Å². The number of aryl methyl sites for hydroxylation is 1. The van der Waals surface area contributed by atoms with Gasteiger partial charge in [-0.15, -0.1) is 11.3 Å². The van der Waals surface area contributed by atoms with E-state index < -0.39 is 22.8 Å². The maximum absolute atomic E-state index is 12.1. The van der Waals surface area contributed by atoms with E-state index in [2.05, 4.69) is 10.1 Å². The third-order valence-electron chi connectivity index (χ3n) is 2.81. The van der Waals surface area contributed by atoms with Crippen molar-refractivity contribution in [1.82, 2.24) is 5.32 Å². The smallest absolute Gasteiger partial charge is 0.328 e. The van der Waals surface area contributed by atoms with Crippen LogP contribution in [0, 0.1) is 23.0 Å². The molecule has 0 aliphatic carbocycles. The molecule has 1 unspecified atom stereocenters. The highest BCUT2D eigenvalue weighted by atomic mass is 32.1. The fourth-order valence-electron chi connectivity index (χ4n) is 1.82.